The van der Waals surface area contributed by atoms with Gasteiger partial charge in [0.15, 0.2) is 5.82 Å². The van der Waals surface area contributed by atoms with Crippen LogP contribution >= 0.6 is 27.5 Å². The summed E-state index contributed by atoms with van der Waals surface area (Å²) in [5.74, 6) is 1.88. The first-order valence-corrected chi connectivity index (χ1v) is 7.62. The zero-order valence-electron chi connectivity index (χ0n) is 12.0. The maximum atomic E-state index is 6.28. The van der Waals surface area contributed by atoms with E-state index >= 15 is 0 Å². The molecule has 0 aliphatic rings. The SMILES string of the molecule is CNc1nc(-c2ccc(Br)cc2Cl)nc(C)c1C(C)C. The van der Waals surface area contributed by atoms with Crippen molar-refractivity contribution in [3.05, 3.63) is 39.0 Å². The molecule has 0 bridgehead atoms. The predicted octanol–water partition coefficient (Wildman–Crippen LogP) is 5.03. The van der Waals surface area contributed by atoms with Crippen molar-refractivity contribution in [1.29, 1.82) is 0 Å². The molecule has 2 rings (SSSR count). The number of rotatable bonds is 3. The first-order valence-electron chi connectivity index (χ1n) is 6.45. The number of aryl methyl sites for hydroxylation is 1. The van der Waals surface area contributed by atoms with Crippen LogP contribution < -0.4 is 5.32 Å². The summed E-state index contributed by atoms with van der Waals surface area (Å²) in [5.41, 5.74) is 2.96. The predicted molar refractivity (Wildman–Crippen MR) is 88.6 cm³/mol. The zero-order chi connectivity index (χ0) is 14.9. The molecule has 1 N–H and O–H groups in total. The van der Waals surface area contributed by atoms with Crippen LogP contribution in [0.25, 0.3) is 11.4 Å². The fraction of sp³-hybridized carbons (Fsp3) is 0.333. The van der Waals surface area contributed by atoms with Gasteiger partial charge in [0.05, 0.1) is 5.02 Å². The smallest absolute Gasteiger partial charge is 0.163 e. The van der Waals surface area contributed by atoms with Crippen LogP contribution in [0, 0.1) is 6.92 Å². The summed E-state index contributed by atoms with van der Waals surface area (Å²) >= 11 is 9.69. The molecular weight excluding hydrogens is 338 g/mol. The fourth-order valence-corrected chi connectivity index (χ4v) is 3.01. The number of aromatic nitrogens is 2. The minimum Gasteiger partial charge on any atom is -0.373 e. The Kier molecular flexibility index (Phi) is 4.66. The lowest BCUT2D eigenvalue weighted by Crippen LogP contribution is -2.07. The van der Waals surface area contributed by atoms with Crippen LogP contribution in [0.5, 0.6) is 0 Å². The van der Waals surface area contributed by atoms with Gasteiger partial charge >= 0.3 is 0 Å². The first kappa shape index (κ1) is 15.3. The summed E-state index contributed by atoms with van der Waals surface area (Å²) in [4.78, 5) is 9.22. The molecule has 1 aromatic heterocycles. The largest absolute Gasteiger partial charge is 0.373 e. The third kappa shape index (κ3) is 2.96. The first-order chi connectivity index (χ1) is 9.43. The van der Waals surface area contributed by atoms with E-state index in [1.54, 1.807) is 0 Å². The highest BCUT2D eigenvalue weighted by atomic mass is 79.9. The third-order valence-electron chi connectivity index (χ3n) is 3.12. The van der Waals surface area contributed by atoms with Crippen LogP contribution in [0.2, 0.25) is 5.02 Å². The summed E-state index contributed by atoms with van der Waals surface area (Å²) < 4.78 is 0.940. The number of halogens is 2. The Bertz CT molecular complexity index is 641. The Morgan fingerprint density at radius 3 is 2.50 bits per heavy atom. The topological polar surface area (TPSA) is 37.8 Å². The summed E-state index contributed by atoms with van der Waals surface area (Å²) in [6.07, 6.45) is 0. The van der Waals surface area contributed by atoms with Crippen molar-refractivity contribution in [3.63, 3.8) is 0 Å². The second kappa shape index (κ2) is 6.10. The van der Waals surface area contributed by atoms with E-state index in [9.17, 15) is 0 Å². The molecule has 0 atom stereocenters. The van der Waals surface area contributed by atoms with E-state index in [4.69, 9.17) is 11.6 Å². The molecule has 20 heavy (non-hydrogen) atoms. The monoisotopic (exact) mass is 353 g/mol. The van der Waals surface area contributed by atoms with Crippen LogP contribution in [-0.4, -0.2) is 17.0 Å². The maximum absolute atomic E-state index is 6.28. The van der Waals surface area contributed by atoms with Gasteiger partial charge in [-0.1, -0.05) is 41.4 Å². The Hall–Kier alpha value is -1.13. The van der Waals surface area contributed by atoms with Crippen molar-refractivity contribution < 1.29 is 0 Å². The van der Waals surface area contributed by atoms with Crippen LogP contribution in [0.15, 0.2) is 22.7 Å². The number of hydrogen-bond acceptors (Lipinski definition) is 3. The van der Waals surface area contributed by atoms with E-state index in [0.29, 0.717) is 16.8 Å². The van der Waals surface area contributed by atoms with Crippen molar-refractivity contribution in [2.75, 3.05) is 12.4 Å². The lowest BCUT2D eigenvalue weighted by molar-refractivity contribution is 0.833. The molecule has 0 aliphatic carbocycles. The normalized spacial score (nSPS) is 10.9. The van der Waals surface area contributed by atoms with Crippen molar-refractivity contribution in [2.45, 2.75) is 26.7 Å². The Balaban J connectivity index is 2.61. The molecule has 3 nitrogen and oxygen atoms in total. The number of anilines is 1. The molecule has 0 unspecified atom stereocenters. The quantitative estimate of drug-likeness (QED) is 0.839. The maximum Gasteiger partial charge on any atom is 0.163 e. The second-order valence-electron chi connectivity index (χ2n) is 4.92. The van der Waals surface area contributed by atoms with Gasteiger partial charge in [-0.15, -0.1) is 0 Å². The minimum absolute atomic E-state index is 0.367. The average Bonchev–Trinajstić information content (AvgIpc) is 2.37. The van der Waals surface area contributed by atoms with E-state index in [1.165, 1.54) is 0 Å². The van der Waals surface area contributed by atoms with Crippen LogP contribution in [0.4, 0.5) is 5.82 Å². The Morgan fingerprint density at radius 1 is 1.25 bits per heavy atom. The third-order valence-corrected chi connectivity index (χ3v) is 3.93. The number of nitrogens with zero attached hydrogens (tertiary/aromatic N) is 2. The fourth-order valence-electron chi connectivity index (χ4n) is 2.25. The molecule has 0 fully saturated rings. The van der Waals surface area contributed by atoms with E-state index in [0.717, 1.165) is 27.1 Å². The molecular formula is C15H17BrClN3. The molecule has 0 saturated carbocycles. The summed E-state index contributed by atoms with van der Waals surface area (Å²) in [6.45, 7) is 6.28. The average molecular weight is 355 g/mol. The number of nitrogens with one attached hydrogen (secondary N) is 1. The van der Waals surface area contributed by atoms with Crippen LogP contribution in [0.3, 0.4) is 0 Å². The molecule has 0 spiro atoms. The van der Waals surface area contributed by atoms with Gasteiger partial charge in [-0.25, -0.2) is 9.97 Å². The molecule has 1 aromatic carbocycles. The van der Waals surface area contributed by atoms with Crippen molar-refractivity contribution >= 4 is 33.3 Å². The lowest BCUT2D eigenvalue weighted by atomic mass is 10.0. The molecule has 5 heteroatoms. The standard InChI is InChI=1S/C15H17BrClN3/c1-8(2)13-9(3)19-14(20-15(13)18-4)11-6-5-10(16)7-12(11)17/h5-8H,1-4H3,(H,18,19,20). The van der Waals surface area contributed by atoms with Gasteiger partial charge in [0, 0.05) is 28.3 Å². The number of hydrogen-bond donors (Lipinski definition) is 1. The second-order valence-corrected chi connectivity index (χ2v) is 6.25. The molecule has 0 aliphatic heterocycles. The van der Waals surface area contributed by atoms with Crippen molar-refractivity contribution in [1.82, 2.24) is 9.97 Å². The summed E-state index contributed by atoms with van der Waals surface area (Å²) in [5, 5.41) is 3.79. The Labute approximate surface area is 132 Å². The van der Waals surface area contributed by atoms with Gasteiger partial charge in [-0.2, -0.15) is 0 Å². The summed E-state index contributed by atoms with van der Waals surface area (Å²) in [6, 6.07) is 5.72. The van der Waals surface area contributed by atoms with Gasteiger partial charge < -0.3 is 5.32 Å². The minimum atomic E-state index is 0.367. The van der Waals surface area contributed by atoms with Gasteiger partial charge in [-0.3, -0.25) is 0 Å². The molecule has 106 valence electrons. The highest BCUT2D eigenvalue weighted by Gasteiger charge is 2.16. The van der Waals surface area contributed by atoms with E-state index in [1.807, 2.05) is 32.2 Å². The van der Waals surface area contributed by atoms with E-state index in [-0.39, 0.29) is 0 Å². The van der Waals surface area contributed by atoms with Crippen LogP contribution in [0.1, 0.15) is 31.0 Å². The van der Waals surface area contributed by atoms with Gasteiger partial charge in [0.2, 0.25) is 0 Å². The van der Waals surface area contributed by atoms with Gasteiger partial charge in [-0.05, 0) is 31.0 Å². The number of benzene rings is 1. The highest BCUT2D eigenvalue weighted by molar-refractivity contribution is 9.10. The molecule has 2 aromatic rings. The summed E-state index contributed by atoms with van der Waals surface area (Å²) in [7, 11) is 1.88. The molecule has 1 heterocycles. The lowest BCUT2D eigenvalue weighted by Gasteiger charge is -2.16. The molecule has 0 amide bonds. The van der Waals surface area contributed by atoms with Gasteiger partial charge in [0.25, 0.3) is 0 Å². The van der Waals surface area contributed by atoms with E-state index < -0.39 is 0 Å². The molecule has 0 radical (unpaired) electrons. The highest BCUT2D eigenvalue weighted by Crippen LogP contribution is 2.32. The molecule has 0 saturated heterocycles. The van der Waals surface area contributed by atoms with E-state index in [2.05, 4.69) is 45.1 Å². The van der Waals surface area contributed by atoms with Crippen LogP contribution in [-0.2, 0) is 0 Å². The zero-order valence-corrected chi connectivity index (χ0v) is 14.3. The Morgan fingerprint density at radius 2 is 1.95 bits per heavy atom. The van der Waals surface area contributed by atoms with Gasteiger partial charge in [0.1, 0.15) is 5.82 Å². The van der Waals surface area contributed by atoms with Crippen molar-refractivity contribution in [3.8, 4) is 11.4 Å². The van der Waals surface area contributed by atoms with Crippen molar-refractivity contribution in [2.24, 2.45) is 0 Å².